The third kappa shape index (κ3) is 5.89. The van der Waals surface area contributed by atoms with Gasteiger partial charge >= 0.3 is 0 Å². The Bertz CT molecular complexity index is 353. The Kier molecular flexibility index (Phi) is 8.83. The van der Waals surface area contributed by atoms with E-state index in [1.807, 2.05) is 6.92 Å². The first-order valence-electron chi connectivity index (χ1n) is 8.99. The zero-order valence-electron chi connectivity index (χ0n) is 15.0. The van der Waals surface area contributed by atoms with Gasteiger partial charge in [0, 0.05) is 25.2 Å². The van der Waals surface area contributed by atoms with Gasteiger partial charge in [-0.05, 0) is 51.7 Å². The van der Waals surface area contributed by atoms with Gasteiger partial charge in [0.05, 0.1) is 6.04 Å². The quantitative estimate of drug-likeness (QED) is 0.791. The summed E-state index contributed by atoms with van der Waals surface area (Å²) in [5.41, 5.74) is 6.02. The highest BCUT2D eigenvalue weighted by atomic mass is 35.5. The van der Waals surface area contributed by atoms with Gasteiger partial charge in [0.25, 0.3) is 0 Å². The summed E-state index contributed by atoms with van der Waals surface area (Å²) < 4.78 is 0. The van der Waals surface area contributed by atoms with E-state index in [9.17, 15) is 4.79 Å². The second-order valence-corrected chi connectivity index (χ2v) is 7.26. The highest BCUT2D eigenvalue weighted by Crippen LogP contribution is 2.20. The number of likely N-dealkylation sites (tertiary alicyclic amines) is 2. The summed E-state index contributed by atoms with van der Waals surface area (Å²) >= 11 is 0. The molecule has 1 amide bonds. The molecule has 0 saturated carbocycles. The fourth-order valence-corrected chi connectivity index (χ4v) is 3.58. The zero-order valence-corrected chi connectivity index (χ0v) is 15.8. The predicted octanol–water partition coefficient (Wildman–Crippen LogP) is 1.46. The Hall–Kier alpha value is -0.360. The molecule has 136 valence electrons. The minimum atomic E-state index is -0.364. The van der Waals surface area contributed by atoms with Gasteiger partial charge in [0.2, 0.25) is 5.91 Å². The Labute approximate surface area is 147 Å². The molecule has 0 aromatic rings. The number of hydrogen-bond donors (Lipinski definition) is 2. The molecule has 23 heavy (non-hydrogen) atoms. The third-order valence-electron chi connectivity index (χ3n) is 5.64. The molecule has 0 bridgehead atoms. The first kappa shape index (κ1) is 20.7. The van der Waals surface area contributed by atoms with E-state index in [1.54, 1.807) is 0 Å². The van der Waals surface area contributed by atoms with Crippen LogP contribution in [0.2, 0.25) is 0 Å². The molecule has 0 radical (unpaired) electrons. The molecule has 0 aliphatic carbocycles. The van der Waals surface area contributed by atoms with E-state index in [4.69, 9.17) is 5.73 Å². The van der Waals surface area contributed by atoms with Crippen molar-refractivity contribution in [3.05, 3.63) is 0 Å². The Morgan fingerprint density at radius 2 is 1.74 bits per heavy atom. The van der Waals surface area contributed by atoms with Crippen molar-refractivity contribution < 1.29 is 4.79 Å². The molecule has 5 nitrogen and oxygen atoms in total. The minimum Gasteiger partial charge on any atom is -0.352 e. The van der Waals surface area contributed by atoms with Crippen molar-refractivity contribution in [3.8, 4) is 0 Å². The monoisotopic (exact) mass is 346 g/mol. The third-order valence-corrected chi connectivity index (χ3v) is 5.64. The molecule has 2 unspecified atom stereocenters. The van der Waals surface area contributed by atoms with Crippen LogP contribution in [0.5, 0.6) is 0 Å². The zero-order chi connectivity index (χ0) is 16.1. The number of halogens is 1. The molecule has 2 fully saturated rings. The highest BCUT2D eigenvalue weighted by Gasteiger charge is 2.29. The number of nitrogens with zero attached hydrogens (tertiary/aromatic N) is 2. The molecule has 0 spiro atoms. The van der Waals surface area contributed by atoms with E-state index in [-0.39, 0.29) is 30.3 Å². The van der Waals surface area contributed by atoms with Crippen molar-refractivity contribution in [3.63, 3.8) is 0 Å². The minimum absolute atomic E-state index is 0. The van der Waals surface area contributed by atoms with Crippen LogP contribution in [0, 0.1) is 5.92 Å². The van der Waals surface area contributed by atoms with Crippen molar-refractivity contribution in [1.82, 2.24) is 15.1 Å². The lowest BCUT2D eigenvalue weighted by Crippen LogP contribution is -2.53. The van der Waals surface area contributed by atoms with Gasteiger partial charge in [-0.15, -0.1) is 12.4 Å². The standard InChI is InChI=1S/C17H34N4O.ClH/c1-4-13(2)16(18)17(22)19-14-5-11-21(12-6-14)15-7-9-20(3)10-8-15;/h13-16H,4-12,18H2,1-3H3,(H,19,22);1H. The summed E-state index contributed by atoms with van der Waals surface area (Å²) in [5.74, 6) is 0.284. The second kappa shape index (κ2) is 9.82. The number of rotatable bonds is 5. The van der Waals surface area contributed by atoms with Crippen LogP contribution in [0.3, 0.4) is 0 Å². The number of nitrogens with one attached hydrogen (secondary N) is 1. The second-order valence-electron chi connectivity index (χ2n) is 7.26. The SMILES string of the molecule is CCC(C)C(N)C(=O)NC1CCN(C2CCN(C)CC2)CC1.Cl. The van der Waals surface area contributed by atoms with Crippen LogP contribution in [0.1, 0.15) is 46.0 Å². The average Bonchev–Trinajstić information content (AvgIpc) is 2.55. The van der Waals surface area contributed by atoms with E-state index in [2.05, 4.69) is 29.1 Å². The number of carbonyl (C=O) groups is 1. The maximum atomic E-state index is 12.2. The normalized spacial score (nSPS) is 24.7. The molecule has 2 saturated heterocycles. The van der Waals surface area contributed by atoms with Crippen molar-refractivity contribution in [1.29, 1.82) is 0 Å². The molecule has 0 aromatic heterocycles. The van der Waals surface area contributed by atoms with Crippen LogP contribution in [0.4, 0.5) is 0 Å². The number of amides is 1. The summed E-state index contributed by atoms with van der Waals surface area (Å²) in [4.78, 5) is 17.2. The van der Waals surface area contributed by atoms with Crippen molar-refractivity contribution >= 4 is 18.3 Å². The van der Waals surface area contributed by atoms with Crippen molar-refractivity contribution in [2.75, 3.05) is 33.2 Å². The lowest BCUT2D eigenvalue weighted by atomic mass is 9.96. The van der Waals surface area contributed by atoms with Crippen LogP contribution >= 0.6 is 12.4 Å². The maximum Gasteiger partial charge on any atom is 0.237 e. The van der Waals surface area contributed by atoms with E-state index >= 15 is 0 Å². The van der Waals surface area contributed by atoms with Gasteiger partial charge in [0.15, 0.2) is 0 Å². The molecule has 0 aromatic carbocycles. The largest absolute Gasteiger partial charge is 0.352 e. The molecule has 2 aliphatic rings. The van der Waals surface area contributed by atoms with Gasteiger partial charge in [-0.2, -0.15) is 0 Å². The molecule has 2 aliphatic heterocycles. The summed E-state index contributed by atoms with van der Waals surface area (Å²) in [7, 11) is 2.21. The van der Waals surface area contributed by atoms with Gasteiger partial charge in [0.1, 0.15) is 0 Å². The molecular formula is C17H35ClN4O. The summed E-state index contributed by atoms with van der Waals surface area (Å²) in [6.45, 7) is 8.77. The molecule has 6 heteroatoms. The van der Waals surface area contributed by atoms with Gasteiger partial charge < -0.3 is 20.9 Å². The van der Waals surface area contributed by atoms with Gasteiger partial charge in [-0.3, -0.25) is 4.79 Å². The summed E-state index contributed by atoms with van der Waals surface area (Å²) in [5, 5.41) is 3.17. The lowest BCUT2D eigenvalue weighted by Gasteiger charge is -2.41. The Morgan fingerprint density at radius 1 is 1.17 bits per heavy atom. The van der Waals surface area contributed by atoms with Crippen LogP contribution < -0.4 is 11.1 Å². The Balaban J connectivity index is 0.00000264. The topological polar surface area (TPSA) is 61.6 Å². The van der Waals surface area contributed by atoms with E-state index in [0.717, 1.165) is 38.4 Å². The average molecular weight is 347 g/mol. The van der Waals surface area contributed by atoms with Crippen molar-refractivity contribution in [2.24, 2.45) is 11.7 Å². The van der Waals surface area contributed by atoms with E-state index in [0.29, 0.717) is 6.04 Å². The number of nitrogens with two attached hydrogens (primary N) is 1. The van der Waals surface area contributed by atoms with E-state index in [1.165, 1.54) is 25.9 Å². The van der Waals surface area contributed by atoms with Gasteiger partial charge in [-0.25, -0.2) is 0 Å². The number of carbonyl (C=O) groups excluding carboxylic acids is 1. The first-order chi connectivity index (χ1) is 10.5. The number of piperidine rings is 2. The molecule has 2 atom stereocenters. The summed E-state index contributed by atoms with van der Waals surface area (Å²) in [6, 6.07) is 0.692. The smallest absolute Gasteiger partial charge is 0.237 e. The van der Waals surface area contributed by atoms with Crippen LogP contribution in [-0.4, -0.2) is 67.1 Å². The number of hydrogen-bond acceptors (Lipinski definition) is 4. The van der Waals surface area contributed by atoms with Crippen LogP contribution in [0.25, 0.3) is 0 Å². The predicted molar refractivity (Wildman–Crippen MR) is 97.9 cm³/mol. The highest BCUT2D eigenvalue weighted by molar-refractivity contribution is 5.85. The molecule has 2 heterocycles. The van der Waals surface area contributed by atoms with Crippen molar-refractivity contribution in [2.45, 2.75) is 64.1 Å². The van der Waals surface area contributed by atoms with Crippen LogP contribution in [-0.2, 0) is 4.79 Å². The Morgan fingerprint density at radius 3 is 2.26 bits per heavy atom. The molecular weight excluding hydrogens is 312 g/mol. The van der Waals surface area contributed by atoms with E-state index < -0.39 is 0 Å². The fraction of sp³-hybridized carbons (Fsp3) is 0.941. The lowest BCUT2D eigenvalue weighted by molar-refractivity contribution is -0.124. The fourth-order valence-electron chi connectivity index (χ4n) is 3.58. The summed E-state index contributed by atoms with van der Waals surface area (Å²) in [6.07, 6.45) is 5.64. The maximum absolute atomic E-state index is 12.2. The molecule has 2 rings (SSSR count). The van der Waals surface area contributed by atoms with Gasteiger partial charge in [-0.1, -0.05) is 20.3 Å². The first-order valence-corrected chi connectivity index (χ1v) is 8.99. The molecule has 3 N–H and O–H groups in total. The van der Waals surface area contributed by atoms with Crippen LogP contribution in [0.15, 0.2) is 0 Å².